The van der Waals surface area contributed by atoms with Crippen LogP contribution in [0.1, 0.15) is 46.5 Å². The topological polar surface area (TPSA) is 21.3 Å². The van der Waals surface area contributed by atoms with Crippen molar-refractivity contribution >= 4 is 0 Å². The van der Waals surface area contributed by atoms with E-state index in [9.17, 15) is 0 Å². The summed E-state index contributed by atoms with van der Waals surface area (Å²) < 4.78 is 5.55. The second kappa shape index (κ2) is 8.71. The third kappa shape index (κ3) is 5.53. The molecule has 0 aromatic heterocycles. The Balaban J connectivity index is 2.22. The van der Waals surface area contributed by atoms with Gasteiger partial charge in [-0.3, -0.25) is 0 Å². The summed E-state index contributed by atoms with van der Waals surface area (Å²) in [5.41, 5.74) is 0. The molecule has 18 heavy (non-hydrogen) atoms. The summed E-state index contributed by atoms with van der Waals surface area (Å²) in [5, 5.41) is 3.71. The number of nitrogens with one attached hydrogen (secondary N) is 1. The molecule has 0 aliphatic heterocycles. The van der Waals surface area contributed by atoms with Crippen LogP contribution in [0.3, 0.4) is 0 Å². The van der Waals surface area contributed by atoms with Gasteiger partial charge in [0.05, 0.1) is 13.2 Å². The smallest absolute Gasteiger partial charge is 0.0591 e. The molecule has 3 unspecified atom stereocenters. The molecule has 3 atom stereocenters. The zero-order chi connectivity index (χ0) is 13.4. The van der Waals surface area contributed by atoms with Gasteiger partial charge in [-0.25, -0.2) is 0 Å². The zero-order valence-corrected chi connectivity index (χ0v) is 12.5. The van der Waals surface area contributed by atoms with Crippen molar-refractivity contribution in [3.8, 4) is 0 Å². The van der Waals surface area contributed by atoms with Gasteiger partial charge in [-0.2, -0.15) is 0 Å². The van der Waals surface area contributed by atoms with E-state index in [1.807, 2.05) is 6.08 Å². The second-order valence-corrected chi connectivity index (χ2v) is 6.08. The number of rotatable bonds is 8. The molecular weight excluding hydrogens is 222 g/mol. The fourth-order valence-electron chi connectivity index (χ4n) is 3.02. The van der Waals surface area contributed by atoms with Crippen LogP contribution in [-0.4, -0.2) is 25.8 Å². The predicted octanol–water partition coefficient (Wildman–Crippen LogP) is 3.63. The van der Waals surface area contributed by atoms with Gasteiger partial charge in [-0.1, -0.05) is 33.3 Å². The molecule has 1 fully saturated rings. The first-order chi connectivity index (χ1) is 8.65. The SMILES string of the molecule is C=CCCOCCNC1CC(C)CCC1C(C)C. The molecule has 1 saturated carbocycles. The molecule has 0 heterocycles. The lowest BCUT2D eigenvalue weighted by atomic mass is 9.74. The Labute approximate surface area is 113 Å². The highest BCUT2D eigenvalue weighted by molar-refractivity contribution is 4.85. The molecule has 2 nitrogen and oxygen atoms in total. The molecule has 1 N–H and O–H groups in total. The molecule has 0 saturated heterocycles. The van der Waals surface area contributed by atoms with E-state index in [1.54, 1.807) is 0 Å². The molecule has 0 spiro atoms. The maximum absolute atomic E-state index is 5.55. The summed E-state index contributed by atoms with van der Waals surface area (Å²) in [6.07, 6.45) is 6.97. The lowest BCUT2D eigenvalue weighted by molar-refractivity contribution is 0.121. The van der Waals surface area contributed by atoms with Crippen LogP contribution >= 0.6 is 0 Å². The Bertz CT molecular complexity index is 227. The molecular formula is C16H31NO. The molecule has 1 aliphatic rings. The monoisotopic (exact) mass is 253 g/mol. The fraction of sp³-hybridized carbons (Fsp3) is 0.875. The number of hydrogen-bond acceptors (Lipinski definition) is 2. The minimum Gasteiger partial charge on any atom is -0.380 e. The molecule has 0 amide bonds. The van der Waals surface area contributed by atoms with Gasteiger partial charge in [0.2, 0.25) is 0 Å². The van der Waals surface area contributed by atoms with Crippen LogP contribution in [-0.2, 0) is 4.74 Å². The molecule has 2 heteroatoms. The molecule has 1 rings (SSSR count). The first-order valence-electron chi connectivity index (χ1n) is 7.57. The minimum atomic E-state index is 0.691. The van der Waals surface area contributed by atoms with Gasteiger partial charge in [-0.15, -0.1) is 6.58 Å². The Hall–Kier alpha value is -0.340. The van der Waals surface area contributed by atoms with Gasteiger partial charge in [0.25, 0.3) is 0 Å². The fourth-order valence-corrected chi connectivity index (χ4v) is 3.02. The summed E-state index contributed by atoms with van der Waals surface area (Å²) >= 11 is 0. The van der Waals surface area contributed by atoms with Crippen LogP contribution in [0.15, 0.2) is 12.7 Å². The van der Waals surface area contributed by atoms with Crippen LogP contribution in [0.25, 0.3) is 0 Å². The standard InChI is InChI=1S/C16H31NO/c1-5-6-10-18-11-9-17-16-12-14(4)7-8-15(16)13(2)3/h5,13-17H,1,6-12H2,2-4H3. The molecule has 0 aromatic carbocycles. The summed E-state index contributed by atoms with van der Waals surface area (Å²) in [5.74, 6) is 2.50. The average Bonchev–Trinajstić information content (AvgIpc) is 2.33. The second-order valence-electron chi connectivity index (χ2n) is 6.08. The van der Waals surface area contributed by atoms with Crippen molar-refractivity contribution in [2.24, 2.45) is 17.8 Å². The van der Waals surface area contributed by atoms with Crippen molar-refractivity contribution in [3.05, 3.63) is 12.7 Å². The van der Waals surface area contributed by atoms with E-state index in [1.165, 1.54) is 19.3 Å². The Morgan fingerprint density at radius 3 is 2.78 bits per heavy atom. The first-order valence-corrected chi connectivity index (χ1v) is 7.57. The lowest BCUT2D eigenvalue weighted by Gasteiger charge is -2.38. The normalized spacial score (nSPS) is 28.6. The van der Waals surface area contributed by atoms with E-state index in [0.717, 1.165) is 43.9 Å². The Kier molecular flexibility index (Phi) is 7.60. The zero-order valence-electron chi connectivity index (χ0n) is 12.5. The van der Waals surface area contributed by atoms with E-state index in [2.05, 4.69) is 32.7 Å². The largest absolute Gasteiger partial charge is 0.380 e. The van der Waals surface area contributed by atoms with E-state index in [-0.39, 0.29) is 0 Å². The van der Waals surface area contributed by atoms with Gasteiger partial charge < -0.3 is 10.1 Å². The minimum absolute atomic E-state index is 0.691. The Morgan fingerprint density at radius 1 is 1.33 bits per heavy atom. The van der Waals surface area contributed by atoms with Crippen LogP contribution in [0.5, 0.6) is 0 Å². The molecule has 0 aromatic rings. The maximum Gasteiger partial charge on any atom is 0.0591 e. The lowest BCUT2D eigenvalue weighted by Crippen LogP contribution is -2.44. The molecule has 106 valence electrons. The molecule has 1 aliphatic carbocycles. The molecule has 0 radical (unpaired) electrons. The van der Waals surface area contributed by atoms with Crippen LogP contribution < -0.4 is 5.32 Å². The average molecular weight is 253 g/mol. The van der Waals surface area contributed by atoms with Crippen molar-refractivity contribution in [1.29, 1.82) is 0 Å². The van der Waals surface area contributed by atoms with E-state index in [0.29, 0.717) is 6.04 Å². The molecule has 0 bridgehead atoms. The van der Waals surface area contributed by atoms with E-state index < -0.39 is 0 Å². The van der Waals surface area contributed by atoms with E-state index >= 15 is 0 Å². The van der Waals surface area contributed by atoms with Crippen molar-refractivity contribution in [2.45, 2.75) is 52.5 Å². The third-order valence-electron chi connectivity index (χ3n) is 4.14. The van der Waals surface area contributed by atoms with Gasteiger partial charge >= 0.3 is 0 Å². The highest BCUT2D eigenvalue weighted by Gasteiger charge is 2.29. The van der Waals surface area contributed by atoms with Gasteiger partial charge in [-0.05, 0) is 37.0 Å². The van der Waals surface area contributed by atoms with Gasteiger partial charge in [0, 0.05) is 12.6 Å². The Morgan fingerprint density at radius 2 is 2.11 bits per heavy atom. The maximum atomic E-state index is 5.55. The number of hydrogen-bond donors (Lipinski definition) is 1. The van der Waals surface area contributed by atoms with Crippen LogP contribution in [0.4, 0.5) is 0 Å². The van der Waals surface area contributed by atoms with Gasteiger partial charge in [0.15, 0.2) is 0 Å². The van der Waals surface area contributed by atoms with Crippen molar-refractivity contribution < 1.29 is 4.74 Å². The predicted molar refractivity (Wildman–Crippen MR) is 78.8 cm³/mol. The summed E-state index contributed by atoms with van der Waals surface area (Å²) in [7, 11) is 0. The highest BCUT2D eigenvalue weighted by atomic mass is 16.5. The summed E-state index contributed by atoms with van der Waals surface area (Å²) in [6, 6.07) is 0.691. The summed E-state index contributed by atoms with van der Waals surface area (Å²) in [6.45, 7) is 13.4. The summed E-state index contributed by atoms with van der Waals surface area (Å²) in [4.78, 5) is 0. The van der Waals surface area contributed by atoms with Crippen molar-refractivity contribution in [3.63, 3.8) is 0 Å². The quantitative estimate of drug-likeness (QED) is 0.527. The van der Waals surface area contributed by atoms with E-state index in [4.69, 9.17) is 4.74 Å². The number of ether oxygens (including phenoxy) is 1. The van der Waals surface area contributed by atoms with Gasteiger partial charge in [0.1, 0.15) is 0 Å². The highest BCUT2D eigenvalue weighted by Crippen LogP contribution is 2.33. The van der Waals surface area contributed by atoms with Crippen molar-refractivity contribution in [2.75, 3.05) is 19.8 Å². The first kappa shape index (κ1) is 15.7. The van der Waals surface area contributed by atoms with Crippen molar-refractivity contribution in [1.82, 2.24) is 5.32 Å². The third-order valence-corrected chi connectivity index (χ3v) is 4.14. The van der Waals surface area contributed by atoms with Crippen LogP contribution in [0, 0.1) is 17.8 Å². The van der Waals surface area contributed by atoms with Crippen LogP contribution in [0.2, 0.25) is 0 Å².